The highest BCUT2D eigenvalue weighted by atomic mass is 32.1. The first-order valence-corrected chi connectivity index (χ1v) is 11.4. The molecule has 166 valence electrons. The molecule has 0 saturated carbocycles. The fourth-order valence-electron chi connectivity index (χ4n) is 4.46. The summed E-state index contributed by atoms with van der Waals surface area (Å²) in [5.41, 5.74) is 6.99. The lowest BCUT2D eigenvalue weighted by Crippen LogP contribution is -2.30. The minimum atomic E-state index is -0.229. The lowest BCUT2D eigenvalue weighted by Gasteiger charge is -2.29. The van der Waals surface area contributed by atoms with Crippen LogP contribution in [0.5, 0.6) is 0 Å². The Morgan fingerprint density at radius 2 is 1.67 bits per heavy atom. The largest absolute Gasteiger partial charge is 0.351 e. The predicted octanol–water partition coefficient (Wildman–Crippen LogP) is 6.11. The van der Waals surface area contributed by atoms with Crippen LogP contribution in [0, 0.1) is 26.6 Å². The third kappa shape index (κ3) is 3.80. The van der Waals surface area contributed by atoms with Crippen molar-refractivity contribution in [1.82, 2.24) is 14.9 Å². The molecule has 3 heterocycles. The summed E-state index contributed by atoms with van der Waals surface area (Å²) in [5, 5.41) is 4.07. The fourth-order valence-corrected chi connectivity index (χ4v) is 4.80. The van der Waals surface area contributed by atoms with Gasteiger partial charge in [0.05, 0.1) is 11.7 Å². The fraction of sp³-hybridized carbons (Fsp3) is 0.185. The topological polar surface area (TPSA) is 33.1 Å². The number of nitrogens with zero attached hydrogens (tertiary/aromatic N) is 3. The van der Waals surface area contributed by atoms with E-state index in [1.165, 1.54) is 17.2 Å². The lowest BCUT2D eigenvalue weighted by atomic mass is 10.00. The molecular weight excluding hydrogens is 431 g/mol. The Labute approximate surface area is 198 Å². The van der Waals surface area contributed by atoms with Crippen LogP contribution in [0.25, 0.3) is 5.69 Å². The Hall–Kier alpha value is -3.51. The first-order valence-electron chi connectivity index (χ1n) is 11.0. The zero-order chi connectivity index (χ0) is 23.1. The minimum absolute atomic E-state index is 0.163. The van der Waals surface area contributed by atoms with Crippen LogP contribution >= 0.6 is 12.2 Å². The Balaban J connectivity index is 1.68. The molecule has 1 N–H and O–H groups in total. The highest BCUT2D eigenvalue weighted by Crippen LogP contribution is 2.42. The number of hydrogen-bond acceptors (Lipinski definition) is 2. The molecule has 4 aromatic rings. The number of benzene rings is 2. The van der Waals surface area contributed by atoms with E-state index in [2.05, 4.69) is 70.1 Å². The SMILES string of the molecule is Cc1ccc(-n2cccc2[C@@H]2[C@H](c3ccccn3)NC(=S)N2c2ccc(F)c(C)c2)cc1C. The molecular formula is C27H25FN4S. The van der Waals surface area contributed by atoms with E-state index in [4.69, 9.17) is 12.2 Å². The van der Waals surface area contributed by atoms with Crippen molar-refractivity contribution < 1.29 is 4.39 Å². The Kier molecular flexibility index (Phi) is 5.46. The van der Waals surface area contributed by atoms with Crippen molar-refractivity contribution in [2.24, 2.45) is 0 Å². The summed E-state index contributed by atoms with van der Waals surface area (Å²) in [6.07, 6.45) is 3.87. The Morgan fingerprint density at radius 1 is 0.879 bits per heavy atom. The molecule has 0 amide bonds. The van der Waals surface area contributed by atoms with E-state index in [0.717, 1.165) is 22.8 Å². The van der Waals surface area contributed by atoms with Gasteiger partial charge in [0.15, 0.2) is 5.11 Å². The molecule has 6 heteroatoms. The zero-order valence-corrected chi connectivity index (χ0v) is 19.6. The monoisotopic (exact) mass is 456 g/mol. The summed E-state index contributed by atoms with van der Waals surface area (Å²) in [6.45, 7) is 6.01. The van der Waals surface area contributed by atoms with Gasteiger partial charge in [-0.1, -0.05) is 12.1 Å². The summed E-state index contributed by atoms with van der Waals surface area (Å²) in [6, 6.07) is 21.3. The molecule has 0 radical (unpaired) electrons. The molecule has 0 aliphatic carbocycles. The van der Waals surface area contributed by atoms with Crippen molar-refractivity contribution in [2.45, 2.75) is 32.9 Å². The van der Waals surface area contributed by atoms with Gasteiger partial charge in [0.1, 0.15) is 11.9 Å². The van der Waals surface area contributed by atoms with E-state index in [0.29, 0.717) is 10.7 Å². The van der Waals surface area contributed by atoms with E-state index in [1.54, 1.807) is 19.2 Å². The molecule has 1 saturated heterocycles. The van der Waals surface area contributed by atoms with Gasteiger partial charge in [0, 0.05) is 29.5 Å². The highest BCUT2D eigenvalue weighted by Gasteiger charge is 2.42. The van der Waals surface area contributed by atoms with E-state index in [-0.39, 0.29) is 17.9 Å². The average molecular weight is 457 g/mol. The standard InChI is InChI=1S/C27H25FN4S/c1-17-9-10-20(15-18(17)2)31-14-6-8-24(31)26-25(23-7-4-5-13-29-23)30-27(33)32(26)21-11-12-22(28)19(3)16-21/h4-16,25-26H,1-3H3,(H,30,33)/t25-,26+/m0/s1. The van der Waals surface area contributed by atoms with Gasteiger partial charge >= 0.3 is 0 Å². The summed E-state index contributed by atoms with van der Waals surface area (Å²) in [5.74, 6) is -0.229. The van der Waals surface area contributed by atoms with Crippen molar-refractivity contribution in [3.63, 3.8) is 0 Å². The van der Waals surface area contributed by atoms with Crippen LogP contribution in [0.4, 0.5) is 10.1 Å². The average Bonchev–Trinajstić information content (AvgIpc) is 3.42. The molecule has 0 unspecified atom stereocenters. The summed E-state index contributed by atoms with van der Waals surface area (Å²) < 4.78 is 16.3. The number of pyridine rings is 1. The maximum Gasteiger partial charge on any atom is 0.174 e. The maximum atomic E-state index is 14.1. The third-order valence-electron chi connectivity index (χ3n) is 6.37. The van der Waals surface area contributed by atoms with Gasteiger partial charge in [-0.2, -0.15) is 0 Å². The first kappa shape index (κ1) is 21.3. The number of thiocarbonyl (C=S) groups is 1. The van der Waals surface area contributed by atoms with Gasteiger partial charge < -0.3 is 14.8 Å². The molecule has 4 nitrogen and oxygen atoms in total. The van der Waals surface area contributed by atoms with Crippen LogP contribution in [0.2, 0.25) is 0 Å². The summed E-state index contributed by atoms with van der Waals surface area (Å²) in [7, 11) is 0. The van der Waals surface area contributed by atoms with Crippen LogP contribution in [-0.4, -0.2) is 14.7 Å². The second-order valence-corrected chi connectivity index (χ2v) is 8.89. The predicted molar refractivity (Wildman–Crippen MR) is 134 cm³/mol. The number of halogens is 1. The number of hydrogen-bond donors (Lipinski definition) is 1. The third-order valence-corrected chi connectivity index (χ3v) is 6.68. The van der Waals surface area contributed by atoms with Gasteiger partial charge in [-0.05, 0) is 104 Å². The molecule has 33 heavy (non-hydrogen) atoms. The number of rotatable bonds is 4. The van der Waals surface area contributed by atoms with Crippen molar-refractivity contribution in [3.05, 3.63) is 113 Å². The van der Waals surface area contributed by atoms with E-state index in [1.807, 2.05) is 24.3 Å². The number of nitrogens with one attached hydrogen (secondary N) is 1. The molecule has 1 aliphatic rings. The van der Waals surface area contributed by atoms with Crippen molar-refractivity contribution in [3.8, 4) is 5.69 Å². The van der Waals surface area contributed by atoms with Gasteiger partial charge in [-0.3, -0.25) is 4.98 Å². The second-order valence-electron chi connectivity index (χ2n) is 8.50. The molecule has 2 aromatic carbocycles. The van der Waals surface area contributed by atoms with E-state index >= 15 is 0 Å². The second kappa shape index (κ2) is 8.45. The Morgan fingerprint density at radius 3 is 2.39 bits per heavy atom. The van der Waals surface area contributed by atoms with Crippen molar-refractivity contribution in [1.29, 1.82) is 0 Å². The molecule has 0 spiro atoms. The molecule has 0 bridgehead atoms. The molecule has 1 aliphatic heterocycles. The quantitative estimate of drug-likeness (QED) is 0.376. The first-order chi connectivity index (χ1) is 15.9. The van der Waals surface area contributed by atoms with Gasteiger partial charge in [0.25, 0.3) is 0 Å². The van der Waals surface area contributed by atoms with Crippen LogP contribution < -0.4 is 10.2 Å². The highest BCUT2D eigenvalue weighted by molar-refractivity contribution is 7.80. The maximum absolute atomic E-state index is 14.1. The van der Waals surface area contributed by atoms with Gasteiger partial charge in [0.2, 0.25) is 0 Å². The van der Waals surface area contributed by atoms with Gasteiger partial charge in [-0.15, -0.1) is 0 Å². The van der Waals surface area contributed by atoms with E-state index < -0.39 is 0 Å². The van der Waals surface area contributed by atoms with Crippen molar-refractivity contribution in [2.75, 3.05) is 4.90 Å². The van der Waals surface area contributed by atoms with Crippen LogP contribution in [0.1, 0.15) is 40.2 Å². The number of aryl methyl sites for hydroxylation is 3. The van der Waals surface area contributed by atoms with Gasteiger partial charge in [-0.25, -0.2) is 4.39 Å². The lowest BCUT2D eigenvalue weighted by molar-refractivity contribution is 0.549. The van der Waals surface area contributed by atoms with E-state index in [9.17, 15) is 4.39 Å². The van der Waals surface area contributed by atoms with Crippen LogP contribution in [0.15, 0.2) is 79.1 Å². The Bertz CT molecular complexity index is 1330. The summed E-state index contributed by atoms with van der Waals surface area (Å²) in [4.78, 5) is 6.70. The summed E-state index contributed by atoms with van der Waals surface area (Å²) >= 11 is 5.81. The molecule has 2 atom stereocenters. The zero-order valence-electron chi connectivity index (χ0n) is 18.8. The minimum Gasteiger partial charge on any atom is -0.351 e. The smallest absolute Gasteiger partial charge is 0.174 e. The van der Waals surface area contributed by atoms with Crippen LogP contribution in [-0.2, 0) is 0 Å². The number of aromatic nitrogens is 2. The number of anilines is 1. The molecule has 5 rings (SSSR count). The molecule has 2 aromatic heterocycles. The van der Waals surface area contributed by atoms with Crippen LogP contribution in [0.3, 0.4) is 0 Å². The normalized spacial score (nSPS) is 17.9. The van der Waals surface area contributed by atoms with Crippen molar-refractivity contribution >= 4 is 23.0 Å². The molecule has 1 fully saturated rings.